The number of nitrogens with zero attached hydrogens (tertiary/aromatic N) is 1. The van der Waals surface area contributed by atoms with Crippen molar-refractivity contribution in [2.45, 2.75) is 11.6 Å². The molecule has 4 rings (SSSR count). The number of carbonyl (C=O) groups is 1. The van der Waals surface area contributed by atoms with E-state index in [0.717, 1.165) is 16.8 Å². The number of fused-ring (bicyclic) bond motifs is 2. The van der Waals surface area contributed by atoms with Gasteiger partial charge in [0.2, 0.25) is 0 Å². The molecule has 0 saturated carbocycles. The second-order valence-corrected chi connectivity index (χ2v) is 6.22. The summed E-state index contributed by atoms with van der Waals surface area (Å²) in [4.78, 5) is 15.1. The minimum atomic E-state index is -1.03. The van der Waals surface area contributed by atoms with Gasteiger partial charge in [-0.3, -0.25) is 4.79 Å². The van der Waals surface area contributed by atoms with Gasteiger partial charge in [0.1, 0.15) is 0 Å². The van der Waals surface area contributed by atoms with Gasteiger partial charge in [0, 0.05) is 12.1 Å². The molecule has 24 heavy (non-hydrogen) atoms. The standard InChI is InChI=1S/C19H16N2O2S/c1-2-12-21-15-11-7-6-10-14(15)19(17(21)22)16(23-18(24)20-19)13-8-4-3-5-9-13/h2-11,16H,1,12H2,(H,20,24). The van der Waals surface area contributed by atoms with Crippen molar-refractivity contribution >= 4 is 29.0 Å². The molecule has 2 aromatic carbocycles. The van der Waals surface area contributed by atoms with Crippen LogP contribution in [0.2, 0.25) is 0 Å². The molecule has 0 bridgehead atoms. The molecule has 0 aromatic heterocycles. The van der Waals surface area contributed by atoms with Crippen molar-refractivity contribution in [3.63, 3.8) is 0 Å². The van der Waals surface area contributed by atoms with Crippen LogP contribution in [-0.4, -0.2) is 17.6 Å². The SMILES string of the molecule is C=CCN1C(=O)C2(NC(=S)OC2c2ccccc2)c2ccccc21. The van der Waals surface area contributed by atoms with Crippen LogP contribution < -0.4 is 10.2 Å². The number of benzene rings is 2. The van der Waals surface area contributed by atoms with E-state index in [1.807, 2.05) is 54.6 Å². The van der Waals surface area contributed by atoms with E-state index in [-0.39, 0.29) is 11.1 Å². The Labute approximate surface area is 145 Å². The van der Waals surface area contributed by atoms with Crippen LogP contribution in [0.25, 0.3) is 0 Å². The van der Waals surface area contributed by atoms with Crippen LogP contribution in [0.1, 0.15) is 17.2 Å². The summed E-state index contributed by atoms with van der Waals surface area (Å²) >= 11 is 5.27. The number of thiocarbonyl (C=S) groups is 1. The molecule has 4 nitrogen and oxygen atoms in total. The van der Waals surface area contributed by atoms with E-state index in [4.69, 9.17) is 17.0 Å². The summed E-state index contributed by atoms with van der Waals surface area (Å²) in [5.74, 6) is -0.0719. The Morgan fingerprint density at radius 1 is 1.21 bits per heavy atom. The molecule has 5 heteroatoms. The first-order valence-electron chi connectivity index (χ1n) is 7.74. The molecule has 120 valence electrons. The Morgan fingerprint density at radius 3 is 2.67 bits per heavy atom. The summed E-state index contributed by atoms with van der Waals surface area (Å²) in [7, 11) is 0. The van der Waals surface area contributed by atoms with Crippen LogP contribution in [0.15, 0.2) is 67.3 Å². The van der Waals surface area contributed by atoms with Crippen molar-refractivity contribution in [3.8, 4) is 0 Å². The topological polar surface area (TPSA) is 41.6 Å². The van der Waals surface area contributed by atoms with Crippen molar-refractivity contribution in [1.82, 2.24) is 5.32 Å². The fraction of sp³-hybridized carbons (Fsp3) is 0.158. The number of carbonyl (C=O) groups excluding carboxylic acids is 1. The van der Waals surface area contributed by atoms with E-state index in [9.17, 15) is 4.79 Å². The summed E-state index contributed by atoms with van der Waals surface area (Å²) < 4.78 is 5.89. The van der Waals surface area contributed by atoms with Gasteiger partial charge in [-0.1, -0.05) is 54.6 Å². The minimum absolute atomic E-state index is 0.0719. The normalized spacial score (nSPS) is 24.7. The lowest BCUT2D eigenvalue weighted by Crippen LogP contribution is -2.50. The molecule has 2 aliphatic heterocycles. The monoisotopic (exact) mass is 336 g/mol. The van der Waals surface area contributed by atoms with Crippen molar-refractivity contribution in [3.05, 3.63) is 78.4 Å². The van der Waals surface area contributed by atoms with Crippen molar-refractivity contribution in [1.29, 1.82) is 0 Å². The van der Waals surface area contributed by atoms with Crippen LogP contribution in [-0.2, 0) is 15.1 Å². The first-order chi connectivity index (χ1) is 11.7. The second kappa shape index (κ2) is 5.46. The van der Waals surface area contributed by atoms with Crippen LogP contribution in [0.4, 0.5) is 5.69 Å². The Bertz CT molecular complexity index is 836. The Hall–Kier alpha value is -2.66. The molecule has 2 aromatic rings. The summed E-state index contributed by atoms with van der Waals surface area (Å²) in [6.45, 7) is 4.21. The van der Waals surface area contributed by atoms with Gasteiger partial charge in [-0.25, -0.2) is 0 Å². The number of anilines is 1. The van der Waals surface area contributed by atoms with Crippen LogP contribution in [0, 0.1) is 0 Å². The molecule has 1 saturated heterocycles. The van der Waals surface area contributed by atoms with Crippen LogP contribution >= 0.6 is 12.2 Å². The van der Waals surface area contributed by atoms with Gasteiger partial charge in [-0.05, 0) is 23.8 Å². The molecule has 0 aliphatic carbocycles. The molecule has 2 heterocycles. The van der Waals surface area contributed by atoms with Gasteiger partial charge < -0.3 is 15.0 Å². The second-order valence-electron chi connectivity index (χ2n) is 5.85. The highest BCUT2D eigenvalue weighted by molar-refractivity contribution is 7.80. The van der Waals surface area contributed by atoms with Crippen LogP contribution in [0.3, 0.4) is 0 Å². The Morgan fingerprint density at radius 2 is 1.92 bits per heavy atom. The number of nitrogens with one attached hydrogen (secondary N) is 1. The first kappa shape index (κ1) is 14.9. The van der Waals surface area contributed by atoms with Crippen molar-refractivity contribution in [2.24, 2.45) is 0 Å². The fourth-order valence-corrected chi connectivity index (χ4v) is 3.82. The average molecular weight is 336 g/mol. The summed E-state index contributed by atoms with van der Waals surface area (Å²) in [6, 6.07) is 17.4. The van der Waals surface area contributed by atoms with Gasteiger partial charge in [0.25, 0.3) is 11.1 Å². The minimum Gasteiger partial charge on any atom is -0.459 e. The van der Waals surface area contributed by atoms with E-state index in [1.165, 1.54) is 0 Å². The third kappa shape index (κ3) is 1.91. The maximum absolute atomic E-state index is 13.4. The predicted octanol–water partition coefficient (Wildman–Crippen LogP) is 3.06. The zero-order chi connectivity index (χ0) is 16.7. The van der Waals surface area contributed by atoms with Gasteiger partial charge in [0.15, 0.2) is 11.6 Å². The number of rotatable bonds is 3. The highest BCUT2D eigenvalue weighted by Gasteiger charge is 2.61. The third-order valence-electron chi connectivity index (χ3n) is 4.53. The van der Waals surface area contributed by atoms with Gasteiger partial charge in [0.05, 0.1) is 5.69 Å². The molecular formula is C19H16N2O2S. The third-order valence-corrected chi connectivity index (χ3v) is 4.73. The molecule has 2 atom stereocenters. The van der Waals surface area contributed by atoms with Gasteiger partial charge in [-0.15, -0.1) is 6.58 Å². The fourth-order valence-electron chi connectivity index (χ4n) is 3.56. The van der Waals surface area contributed by atoms with E-state index in [0.29, 0.717) is 6.54 Å². The molecule has 0 radical (unpaired) electrons. The molecule has 1 N–H and O–H groups in total. The number of hydrogen-bond donors (Lipinski definition) is 1. The maximum Gasteiger partial charge on any atom is 0.262 e. The highest BCUT2D eigenvalue weighted by atomic mass is 32.1. The largest absolute Gasteiger partial charge is 0.459 e. The summed E-state index contributed by atoms with van der Waals surface area (Å²) in [5.41, 5.74) is 1.63. The zero-order valence-corrected chi connectivity index (χ0v) is 13.8. The van der Waals surface area contributed by atoms with Gasteiger partial charge in [-0.2, -0.15) is 0 Å². The van der Waals surface area contributed by atoms with Crippen LogP contribution in [0.5, 0.6) is 0 Å². The van der Waals surface area contributed by atoms with Crippen molar-refractivity contribution < 1.29 is 9.53 Å². The number of ether oxygens (including phenoxy) is 1. The molecular weight excluding hydrogens is 320 g/mol. The van der Waals surface area contributed by atoms with E-state index >= 15 is 0 Å². The molecule has 2 unspecified atom stereocenters. The van der Waals surface area contributed by atoms with E-state index in [1.54, 1.807) is 11.0 Å². The molecule has 1 spiro atoms. The smallest absolute Gasteiger partial charge is 0.262 e. The average Bonchev–Trinajstić information content (AvgIpc) is 3.08. The lowest BCUT2D eigenvalue weighted by molar-refractivity contribution is -0.125. The Kier molecular flexibility index (Phi) is 3.39. The maximum atomic E-state index is 13.4. The Balaban J connectivity index is 1.93. The van der Waals surface area contributed by atoms with Gasteiger partial charge >= 0.3 is 0 Å². The van der Waals surface area contributed by atoms with E-state index in [2.05, 4.69) is 11.9 Å². The quantitative estimate of drug-likeness (QED) is 0.691. The molecule has 2 aliphatic rings. The predicted molar refractivity (Wildman–Crippen MR) is 96.7 cm³/mol. The number of hydrogen-bond acceptors (Lipinski definition) is 3. The lowest BCUT2D eigenvalue weighted by Gasteiger charge is -2.28. The molecule has 1 amide bonds. The van der Waals surface area contributed by atoms with Crippen molar-refractivity contribution in [2.75, 3.05) is 11.4 Å². The zero-order valence-electron chi connectivity index (χ0n) is 12.9. The first-order valence-corrected chi connectivity index (χ1v) is 8.15. The molecule has 1 fully saturated rings. The highest BCUT2D eigenvalue weighted by Crippen LogP contribution is 2.51. The number of para-hydroxylation sites is 1. The lowest BCUT2D eigenvalue weighted by atomic mass is 9.83. The van der Waals surface area contributed by atoms with E-state index < -0.39 is 11.6 Å². The summed E-state index contributed by atoms with van der Waals surface area (Å²) in [5, 5.41) is 3.40. The number of amides is 1. The summed E-state index contributed by atoms with van der Waals surface area (Å²) in [6.07, 6.45) is 1.22.